The van der Waals surface area contributed by atoms with E-state index in [1.54, 1.807) is 4.90 Å². The molecule has 0 radical (unpaired) electrons. The Balaban J connectivity index is 1.27. The molecule has 13 nitrogen and oxygen atoms in total. The van der Waals surface area contributed by atoms with Gasteiger partial charge in [0.1, 0.15) is 35.2 Å². The zero-order valence-electron chi connectivity index (χ0n) is 30.0. The van der Waals surface area contributed by atoms with Crippen LogP contribution in [0.1, 0.15) is 90.0 Å². The molecule has 0 aliphatic carbocycles. The Hall–Kier alpha value is -3.65. The summed E-state index contributed by atoms with van der Waals surface area (Å²) >= 11 is 0. The number of aromatic nitrogens is 2. The number of nitrogens with zero attached hydrogens (tertiary/aromatic N) is 6. The van der Waals surface area contributed by atoms with Gasteiger partial charge < -0.3 is 24.0 Å². The second-order valence-corrected chi connectivity index (χ2v) is 18.0. The van der Waals surface area contributed by atoms with Gasteiger partial charge in [-0.15, -0.1) is 0 Å². The molecule has 0 bridgehead atoms. The van der Waals surface area contributed by atoms with Crippen molar-refractivity contribution >= 4 is 39.3 Å². The first kappa shape index (κ1) is 35.2. The molecule has 1 aromatic heterocycles. The van der Waals surface area contributed by atoms with Crippen molar-refractivity contribution in [2.24, 2.45) is 0 Å². The summed E-state index contributed by atoms with van der Waals surface area (Å²) in [6.45, 7) is 18.8. The number of amides is 2. The number of aryl methyl sites for hydroxylation is 1. The predicted molar refractivity (Wildman–Crippen MR) is 187 cm³/mol. The molecule has 6 rings (SSSR count). The van der Waals surface area contributed by atoms with Gasteiger partial charge >= 0.3 is 12.2 Å². The van der Waals surface area contributed by atoms with Crippen LogP contribution in [-0.2, 0) is 19.3 Å². The molecule has 0 unspecified atom stereocenters. The van der Waals surface area contributed by atoms with Crippen molar-refractivity contribution in [1.82, 2.24) is 19.8 Å². The summed E-state index contributed by atoms with van der Waals surface area (Å²) in [7, 11) is -3.12. The number of hydrogen-bond acceptors (Lipinski definition) is 11. The van der Waals surface area contributed by atoms with Crippen molar-refractivity contribution in [2.75, 3.05) is 60.6 Å². The van der Waals surface area contributed by atoms with Crippen molar-refractivity contribution in [2.45, 2.75) is 97.5 Å². The minimum Gasteiger partial charge on any atom is -0.483 e. The largest absolute Gasteiger partial charge is 0.483 e. The summed E-state index contributed by atoms with van der Waals surface area (Å²) in [5.74, 6) is 1.81. The number of benzene rings is 1. The third-order valence-corrected chi connectivity index (χ3v) is 11.1. The van der Waals surface area contributed by atoms with Crippen LogP contribution in [0.25, 0.3) is 0 Å². The van der Waals surface area contributed by atoms with E-state index in [0.29, 0.717) is 60.9 Å². The lowest BCUT2D eigenvalue weighted by Gasteiger charge is -2.47. The Morgan fingerprint density at radius 1 is 0.878 bits per heavy atom. The zero-order valence-corrected chi connectivity index (χ0v) is 30.8. The van der Waals surface area contributed by atoms with E-state index in [4.69, 9.17) is 14.2 Å². The summed E-state index contributed by atoms with van der Waals surface area (Å²) in [6.07, 6.45) is 1.92. The van der Waals surface area contributed by atoms with E-state index in [2.05, 4.69) is 20.9 Å². The molecule has 0 saturated carbocycles. The van der Waals surface area contributed by atoms with Crippen LogP contribution < -0.4 is 14.5 Å². The molecule has 3 saturated heterocycles. The molecule has 268 valence electrons. The number of rotatable bonds is 3. The number of likely N-dealkylation sites (tertiary alicyclic amines) is 2. The zero-order chi connectivity index (χ0) is 35.5. The lowest BCUT2D eigenvalue weighted by molar-refractivity contribution is -0.0196. The minimum absolute atomic E-state index is 0.0288. The van der Waals surface area contributed by atoms with Gasteiger partial charge in [-0.2, -0.15) is 0 Å². The van der Waals surface area contributed by atoms with Crippen LogP contribution in [-0.4, -0.2) is 108 Å². The Morgan fingerprint density at radius 3 is 2.08 bits per heavy atom. The fraction of sp³-hybridized carbons (Fsp3) is 0.657. The first-order chi connectivity index (χ1) is 22.9. The maximum absolute atomic E-state index is 14.1. The van der Waals surface area contributed by atoms with E-state index in [1.165, 1.54) is 11.2 Å². The lowest BCUT2D eigenvalue weighted by atomic mass is 9.87. The van der Waals surface area contributed by atoms with E-state index in [-0.39, 0.29) is 23.5 Å². The Labute approximate surface area is 289 Å². The predicted octanol–water partition coefficient (Wildman–Crippen LogP) is 5.35. The highest BCUT2D eigenvalue weighted by molar-refractivity contribution is 7.91. The van der Waals surface area contributed by atoms with Crippen molar-refractivity contribution < 1.29 is 32.2 Å². The molecule has 3 fully saturated rings. The molecule has 5 heterocycles. The van der Waals surface area contributed by atoms with Crippen LogP contribution >= 0.6 is 0 Å². The van der Waals surface area contributed by atoms with Crippen LogP contribution in [0.3, 0.4) is 0 Å². The van der Waals surface area contributed by atoms with Gasteiger partial charge in [0, 0.05) is 32.2 Å². The summed E-state index contributed by atoms with van der Waals surface area (Å²) in [5, 5.41) is 0. The maximum Gasteiger partial charge on any atom is 0.420 e. The fourth-order valence-corrected chi connectivity index (χ4v) is 8.24. The monoisotopic (exact) mass is 698 g/mol. The van der Waals surface area contributed by atoms with Gasteiger partial charge in [0.15, 0.2) is 15.7 Å². The quantitative estimate of drug-likeness (QED) is 0.411. The van der Waals surface area contributed by atoms with E-state index in [0.717, 1.165) is 37.1 Å². The smallest absolute Gasteiger partial charge is 0.420 e. The minimum atomic E-state index is -3.12. The van der Waals surface area contributed by atoms with E-state index < -0.39 is 33.2 Å². The van der Waals surface area contributed by atoms with E-state index in [9.17, 15) is 18.0 Å². The Kier molecular flexibility index (Phi) is 9.27. The molecule has 4 aliphatic heterocycles. The molecule has 1 atom stereocenters. The number of hydrogen-bond donors (Lipinski definition) is 0. The van der Waals surface area contributed by atoms with Crippen molar-refractivity contribution in [3.63, 3.8) is 0 Å². The summed E-state index contributed by atoms with van der Waals surface area (Å²) < 4.78 is 42.6. The first-order valence-electron chi connectivity index (χ1n) is 17.3. The number of carbonyl (C=O) groups excluding carboxylic acids is 2. The molecule has 4 aliphatic rings. The SMILES string of the molecule is Cc1cc(C2CCN(C3CN(C(=O)OC(C)(C)C)C3)CC2)cc2c1O[C@H](C)c1c(N3CCS(=O)(=O)CC3)ncnc1N2C(=O)OC(C)(C)C. The van der Waals surface area contributed by atoms with Gasteiger partial charge in [0.05, 0.1) is 22.8 Å². The molecule has 0 spiro atoms. The second-order valence-electron chi connectivity index (χ2n) is 15.7. The topological polar surface area (TPSA) is 135 Å². The van der Waals surface area contributed by atoms with Gasteiger partial charge in [-0.1, -0.05) is 6.07 Å². The second kappa shape index (κ2) is 12.9. The molecule has 14 heteroatoms. The van der Waals surface area contributed by atoms with Gasteiger partial charge in [0.2, 0.25) is 0 Å². The van der Waals surface area contributed by atoms with Gasteiger partial charge in [-0.3, -0.25) is 4.90 Å². The lowest BCUT2D eigenvalue weighted by Crippen LogP contribution is -2.62. The number of carbonyl (C=O) groups is 2. The number of anilines is 3. The molecule has 2 amide bonds. The van der Waals surface area contributed by atoms with E-state index in [1.807, 2.05) is 66.4 Å². The number of ether oxygens (including phenoxy) is 3. The average Bonchev–Trinajstić information content (AvgIpc) is 3.09. The van der Waals surface area contributed by atoms with Crippen molar-refractivity contribution in [3.8, 4) is 5.75 Å². The van der Waals surface area contributed by atoms with Gasteiger partial charge in [0.25, 0.3) is 0 Å². The number of piperidine rings is 1. The number of fused-ring (bicyclic) bond motifs is 2. The summed E-state index contributed by atoms with van der Waals surface area (Å²) in [6, 6.07) is 4.52. The maximum atomic E-state index is 14.1. The summed E-state index contributed by atoms with van der Waals surface area (Å²) in [5.41, 5.74) is 1.91. The van der Waals surface area contributed by atoms with E-state index >= 15 is 0 Å². The molecular formula is C35H50N6O7S. The van der Waals surface area contributed by atoms with Crippen molar-refractivity contribution in [1.29, 1.82) is 0 Å². The highest BCUT2D eigenvalue weighted by Gasteiger charge is 2.41. The molecule has 1 aromatic carbocycles. The van der Waals surface area contributed by atoms with Crippen molar-refractivity contribution in [3.05, 3.63) is 35.2 Å². The number of sulfone groups is 1. The highest BCUT2D eigenvalue weighted by Crippen LogP contribution is 2.49. The molecule has 49 heavy (non-hydrogen) atoms. The van der Waals surface area contributed by atoms with Crippen LogP contribution in [0.5, 0.6) is 5.75 Å². The van der Waals surface area contributed by atoms with Crippen LogP contribution in [0.2, 0.25) is 0 Å². The molecule has 0 N–H and O–H groups in total. The highest BCUT2D eigenvalue weighted by atomic mass is 32.2. The Bertz CT molecular complexity index is 1690. The van der Waals surface area contributed by atoms with Crippen LogP contribution in [0.15, 0.2) is 18.5 Å². The first-order valence-corrected chi connectivity index (χ1v) is 19.1. The van der Waals surface area contributed by atoms with Crippen LogP contribution in [0, 0.1) is 6.92 Å². The fourth-order valence-electron chi connectivity index (χ4n) is 7.04. The van der Waals surface area contributed by atoms with Gasteiger partial charge in [-0.25, -0.2) is 32.9 Å². The van der Waals surface area contributed by atoms with Crippen LogP contribution in [0.4, 0.5) is 26.9 Å². The average molecular weight is 699 g/mol. The molecule has 2 aromatic rings. The third kappa shape index (κ3) is 7.59. The standard InChI is InChI=1S/C35H50N6O7S/c1-22-17-25(24-9-11-38(12-10-24)26-19-40(20-26)32(42)47-34(3,4)5)18-27-29(22)46-23(2)28-30(39-13-15-49(44,45)16-14-39)36-21-37-31(28)41(27)33(43)48-35(6,7)8/h17-18,21,23-24,26H,9-16,19-20H2,1-8H3/t23-/m1/s1. The summed E-state index contributed by atoms with van der Waals surface area (Å²) in [4.78, 5) is 43.5. The van der Waals surface area contributed by atoms with Gasteiger partial charge in [-0.05, 0) is 104 Å². The molecular weight excluding hydrogens is 648 g/mol. The third-order valence-electron chi connectivity index (χ3n) is 9.52. The normalized spacial score (nSPS) is 22.0. The Morgan fingerprint density at radius 2 is 1.47 bits per heavy atom.